The van der Waals surface area contributed by atoms with Gasteiger partial charge in [-0.1, -0.05) is 23.8 Å². The van der Waals surface area contributed by atoms with E-state index in [9.17, 15) is 9.90 Å². The van der Waals surface area contributed by atoms with E-state index in [1.807, 2.05) is 19.9 Å². The third kappa shape index (κ3) is 3.16. The van der Waals surface area contributed by atoms with E-state index in [1.165, 1.54) is 11.8 Å². The van der Waals surface area contributed by atoms with E-state index in [0.717, 1.165) is 11.5 Å². The minimum absolute atomic E-state index is 0.160. The maximum atomic E-state index is 11.3. The fourth-order valence-electron chi connectivity index (χ4n) is 1.74. The van der Waals surface area contributed by atoms with Crippen molar-refractivity contribution in [1.82, 2.24) is 15.1 Å². The summed E-state index contributed by atoms with van der Waals surface area (Å²) in [5.41, 5.74) is 1.41. The van der Waals surface area contributed by atoms with Gasteiger partial charge in [0.05, 0.1) is 11.4 Å². The quantitative estimate of drug-likeness (QED) is 0.669. The van der Waals surface area contributed by atoms with Gasteiger partial charge in [-0.15, -0.1) is 0 Å². The van der Waals surface area contributed by atoms with Crippen molar-refractivity contribution in [2.75, 3.05) is 0 Å². The summed E-state index contributed by atoms with van der Waals surface area (Å²) in [7, 11) is 0. The Morgan fingerprint density at radius 3 is 2.70 bits per heavy atom. The zero-order chi connectivity index (χ0) is 14.7. The molecule has 0 radical (unpaired) electrons. The normalized spacial score (nSPS) is 10.8. The molecule has 0 aliphatic carbocycles. The van der Waals surface area contributed by atoms with Crippen LogP contribution >= 0.6 is 11.8 Å². The molecule has 106 valence electrons. The van der Waals surface area contributed by atoms with Crippen LogP contribution < -0.4 is 0 Å². The van der Waals surface area contributed by atoms with Crippen molar-refractivity contribution < 1.29 is 14.4 Å². The van der Waals surface area contributed by atoms with Crippen molar-refractivity contribution in [3.8, 4) is 0 Å². The molecule has 0 amide bonds. The number of carbonyl (C=O) groups is 1. The smallest absolute Gasteiger partial charge is 0.340 e. The summed E-state index contributed by atoms with van der Waals surface area (Å²) in [6.45, 7) is 5.44. The Hall–Kier alpha value is -1.89. The SMILES string of the molecule is CCc1nc(C)c(C(=O)O)c(SCc2cc(C)on2)n1. The van der Waals surface area contributed by atoms with Gasteiger partial charge < -0.3 is 9.63 Å². The number of hydrogen-bond donors (Lipinski definition) is 1. The van der Waals surface area contributed by atoms with E-state index in [1.54, 1.807) is 6.92 Å². The van der Waals surface area contributed by atoms with Crippen LogP contribution in [0.25, 0.3) is 0 Å². The largest absolute Gasteiger partial charge is 0.478 e. The van der Waals surface area contributed by atoms with Gasteiger partial charge in [-0.05, 0) is 13.8 Å². The number of aromatic carboxylic acids is 1. The first-order valence-electron chi connectivity index (χ1n) is 6.17. The molecule has 0 bridgehead atoms. The third-order valence-electron chi connectivity index (χ3n) is 2.67. The Labute approximate surface area is 120 Å². The fraction of sp³-hybridized carbons (Fsp3) is 0.385. The first kappa shape index (κ1) is 14.5. The third-order valence-corrected chi connectivity index (χ3v) is 3.68. The van der Waals surface area contributed by atoms with Gasteiger partial charge in [-0.25, -0.2) is 14.8 Å². The van der Waals surface area contributed by atoms with Crippen LogP contribution in [0.3, 0.4) is 0 Å². The van der Waals surface area contributed by atoms with Gasteiger partial charge in [0.1, 0.15) is 22.2 Å². The van der Waals surface area contributed by atoms with E-state index in [2.05, 4.69) is 15.1 Å². The lowest BCUT2D eigenvalue weighted by Crippen LogP contribution is -2.09. The second-order valence-corrected chi connectivity index (χ2v) is 5.25. The van der Waals surface area contributed by atoms with Crippen LogP contribution in [0.1, 0.15) is 40.3 Å². The topological polar surface area (TPSA) is 89.1 Å². The first-order valence-corrected chi connectivity index (χ1v) is 7.15. The van der Waals surface area contributed by atoms with Crippen LogP contribution in [0.2, 0.25) is 0 Å². The molecule has 0 aliphatic rings. The van der Waals surface area contributed by atoms with Crippen molar-refractivity contribution >= 4 is 17.7 Å². The molecule has 0 saturated carbocycles. The molecule has 0 aliphatic heterocycles. The van der Waals surface area contributed by atoms with Gasteiger partial charge in [-0.3, -0.25) is 0 Å². The molecule has 6 nitrogen and oxygen atoms in total. The van der Waals surface area contributed by atoms with Gasteiger partial charge in [0.15, 0.2) is 0 Å². The molecule has 0 fully saturated rings. The van der Waals surface area contributed by atoms with E-state index in [-0.39, 0.29) is 5.56 Å². The van der Waals surface area contributed by atoms with Crippen molar-refractivity contribution in [2.45, 2.75) is 38.0 Å². The zero-order valence-electron chi connectivity index (χ0n) is 11.5. The number of carboxylic acid groups (broad SMARTS) is 1. The summed E-state index contributed by atoms with van der Waals surface area (Å²) in [5, 5.41) is 13.6. The molecule has 0 aromatic carbocycles. The highest BCUT2D eigenvalue weighted by Gasteiger charge is 2.18. The highest BCUT2D eigenvalue weighted by atomic mass is 32.2. The second-order valence-electron chi connectivity index (χ2n) is 4.28. The van der Waals surface area contributed by atoms with Crippen molar-refractivity contribution in [3.63, 3.8) is 0 Å². The second kappa shape index (κ2) is 6.04. The molecule has 7 heteroatoms. The summed E-state index contributed by atoms with van der Waals surface area (Å²) < 4.78 is 4.99. The Kier molecular flexibility index (Phi) is 4.39. The van der Waals surface area contributed by atoms with Crippen LogP contribution in [0.15, 0.2) is 15.6 Å². The molecule has 2 aromatic heterocycles. The number of carboxylic acids is 1. The summed E-state index contributed by atoms with van der Waals surface area (Å²) in [4.78, 5) is 19.8. The average Bonchev–Trinajstić information content (AvgIpc) is 2.81. The molecular formula is C13H15N3O3S. The monoisotopic (exact) mass is 293 g/mol. The number of hydrogen-bond acceptors (Lipinski definition) is 6. The van der Waals surface area contributed by atoms with Crippen LogP contribution in [0.5, 0.6) is 0 Å². The molecule has 2 heterocycles. The highest BCUT2D eigenvalue weighted by Crippen LogP contribution is 2.26. The minimum Gasteiger partial charge on any atom is -0.478 e. The van der Waals surface area contributed by atoms with Crippen LogP contribution in [-0.2, 0) is 12.2 Å². The molecule has 1 N–H and O–H groups in total. The van der Waals surface area contributed by atoms with Gasteiger partial charge in [-0.2, -0.15) is 0 Å². The van der Waals surface area contributed by atoms with Crippen molar-refractivity contribution in [3.05, 3.63) is 34.6 Å². The standard InChI is InChI=1S/C13H15N3O3S/c1-4-10-14-8(3)11(13(17)18)12(15-10)20-6-9-5-7(2)19-16-9/h5H,4,6H2,1-3H3,(H,17,18). The lowest BCUT2D eigenvalue weighted by atomic mass is 10.2. The van der Waals surface area contributed by atoms with E-state index < -0.39 is 5.97 Å². The van der Waals surface area contributed by atoms with E-state index in [0.29, 0.717) is 28.7 Å². The lowest BCUT2D eigenvalue weighted by molar-refractivity contribution is 0.0690. The van der Waals surface area contributed by atoms with Gasteiger partial charge in [0.2, 0.25) is 0 Å². The molecule has 0 unspecified atom stereocenters. The molecule has 0 spiro atoms. The molecule has 0 atom stereocenters. The predicted molar refractivity (Wildman–Crippen MR) is 73.9 cm³/mol. The maximum Gasteiger partial charge on any atom is 0.340 e. The Bertz CT molecular complexity index is 640. The Morgan fingerprint density at radius 1 is 1.40 bits per heavy atom. The van der Waals surface area contributed by atoms with Crippen LogP contribution in [0, 0.1) is 13.8 Å². The summed E-state index contributed by atoms with van der Waals surface area (Å²) >= 11 is 1.33. The zero-order valence-corrected chi connectivity index (χ0v) is 12.3. The molecule has 2 aromatic rings. The van der Waals surface area contributed by atoms with Crippen molar-refractivity contribution in [1.29, 1.82) is 0 Å². The number of aromatic nitrogens is 3. The molecular weight excluding hydrogens is 278 g/mol. The van der Waals surface area contributed by atoms with Gasteiger partial charge in [0.25, 0.3) is 0 Å². The van der Waals surface area contributed by atoms with Gasteiger partial charge in [0, 0.05) is 18.2 Å². The van der Waals surface area contributed by atoms with Crippen LogP contribution in [-0.4, -0.2) is 26.2 Å². The van der Waals surface area contributed by atoms with E-state index in [4.69, 9.17) is 4.52 Å². The number of aryl methyl sites for hydroxylation is 3. The average molecular weight is 293 g/mol. The number of rotatable bonds is 5. The summed E-state index contributed by atoms with van der Waals surface area (Å²) in [6.07, 6.45) is 0.664. The predicted octanol–water partition coefficient (Wildman–Crippen LogP) is 2.63. The van der Waals surface area contributed by atoms with Crippen LogP contribution in [0.4, 0.5) is 0 Å². The van der Waals surface area contributed by atoms with Gasteiger partial charge >= 0.3 is 5.97 Å². The highest BCUT2D eigenvalue weighted by molar-refractivity contribution is 7.98. The summed E-state index contributed by atoms with van der Waals surface area (Å²) in [6, 6.07) is 1.82. The summed E-state index contributed by atoms with van der Waals surface area (Å²) in [5.74, 6) is 0.875. The van der Waals surface area contributed by atoms with E-state index >= 15 is 0 Å². The molecule has 0 saturated heterocycles. The molecule has 20 heavy (non-hydrogen) atoms. The van der Waals surface area contributed by atoms with Crippen molar-refractivity contribution in [2.24, 2.45) is 0 Å². The lowest BCUT2D eigenvalue weighted by Gasteiger charge is -2.08. The Morgan fingerprint density at radius 2 is 2.15 bits per heavy atom. The molecule has 2 rings (SSSR count). The fourth-order valence-corrected chi connectivity index (χ4v) is 2.71. The minimum atomic E-state index is -1.01. The Balaban J connectivity index is 2.28. The number of thioether (sulfide) groups is 1. The first-order chi connectivity index (χ1) is 9.51. The maximum absolute atomic E-state index is 11.3. The number of nitrogens with zero attached hydrogens (tertiary/aromatic N) is 3.